The molecule has 0 radical (unpaired) electrons. The Hall–Kier alpha value is -2.95. The fourth-order valence-electron chi connectivity index (χ4n) is 2.35. The van der Waals surface area contributed by atoms with Gasteiger partial charge < -0.3 is 5.32 Å². The third-order valence-electron chi connectivity index (χ3n) is 3.36. The number of hydrogen-bond donors (Lipinski definition) is 1. The van der Waals surface area contributed by atoms with Crippen molar-refractivity contribution in [3.8, 4) is 0 Å². The Bertz CT molecular complexity index is 900. The van der Waals surface area contributed by atoms with Crippen LogP contribution in [0.3, 0.4) is 0 Å². The van der Waals surface area contributed by atoms with E-state index in [-0.39, 0.29) is 17.9 Å². The van der Waals surface area contributed by atoms with E-state index in [1.807, 2.05) is 37.3 Å². The summed E-state index contributed by atoms with van der Waals surface area (Å²) in [4.78, 5) is 23.9. The number of rotatable bonds is 3. The fourth-order valence-corrected chi connectivity index (χ4v) is 2.35. The number of para-hydroxylation sites is 1. The van der Waals surface area contributed by atoms with Gasteiger partial charge in [-0.2, -0.15) is 5.10 Å². The number of carbonyl (C=O) groups is 1. The molecule has 0 fully saturated rings. The lowest BCUT2D eigenvalue weighted by atomic mass is 10.2. The zero-order valence-electron chi connectivity index (χ0n) is 12.1. The Morgan fingerprint density at radius 2 is 2.00 bits per heavy atom. The minimum Gasteiger partial charge on any atom is -0.324 e. The summed E-state index contributed by atoms with van der Waals surface area (Å²) in [7, 11) is 0. The first-order chi connectivity index (χ1) is 10.6. The minimum absolute atomic E-state index is 0.0503. The van der Waals surface area contributed by atoms with Gasteiger partial charge >= 0.3 is 0 Å². The molecule has 110 valence electrons. The molecule has 0 spiro atoms. The standard InChI is InChI=1S/C17H15N3O2/c1-12-5-4-6-13(9-12)19-17(22)11-20-15-8-3-2-7-14(15)16(21)10-18-20/h2-10H,11H2,1H3,(H,19,22). The van der Waals surface area contributed by atoms with Crippen molar-refractivity contribution in [3.63, 3.8) is 0 Å². The molecule has 3 rings (SSSR count). The summed E-state index contributed by atoms with van der Waals surface area (Å²) in [6.07, 6.45) is 1.24. The van der Waals surface area contributed by atoms with E-state index >= 15 is 0 Å². The van der Waals surface area contributed by atoms with E-state index in [1.54, 1.807) is 18.2 Å². The maximum absolute atomic E-state index is 12.2. The summed E-state index contributed by atoms with van der Waals surface area (Å²) in [5.74, 6) is -0.188. The van der Waals surface area contributed by atoms with Crippen molar-refractivity contribution in [1.29, 1.82) is 0 Å². The predicted octanol–water partition coefficient (Wildman–Crippen LogP) is 2.34. The molecule has 5 nitrogen and oxygen atoms in total. The Morgan fingerprint density at radius 3 is 2.82 bits per heavy atom. The molecule has 2 aromatic carbocycles. The van der Waals surface area contributed by atoms with Crippen LogP contribution in [0.5, 0.6) is 0 Å². The van der Waals surface area contributed by atoms with Crippen molar-refractivity contribution in [1.82, 2.24) is 9.78 Å². The molecule has 0 saturated heterocycles. The lowest BCUT2D eigenvalue weighted by Gasteiger charge is -2.10. The summed E-state index contributed by atoms with van der Waals surface area (Å²) < 4.78 is 1.53. The van der Waals surface area contributed by atoms with Crippen molar-refractivity contribution < 1.29 is 4.79 Å². The van der Waals surface area contributed by atoms with Crippen LogP contribution in [-0.4, -0.2) is 15.7 Å². The first kappa shape index (κ1) is 14.0. The monoisotopic (exact) mass is 293 g/mol. The van der Waals surface area contributed by atoms with Gasteiger partial charge in [-0.15, -0.1) is 0 Å². The van der Waals surface area contributed by atoms with Gasteiger partial charge in [-0.25, -0.2) is 0 Å². The number of aromatic nitrogens is 2. The van der Waals surface area contributed by atoms with Crippen LogP contribution in [0, 0.1) is 6.92 Å². The zero-order chi connectivity index (χ0) is 15.5. The van der Waals surface area contributed by atoms with Crippen molar-refractivity contribution in [2.75, 3.05) is 5.32 Å². The lowest BCUT2D eigenvalue weighted by Crippen LogP contribution is -2.22. The van der Waals surface area contributed by atoms with Crippen molar-refractivity contribution >= 4 is 22.5 Å². The first-order valence-corrected chi connectivity index (χ1v) is 6.95. The van der Waals surface area contributed by atoms with Crippen LogP contribution in [-0.2, 0) is 11.3 Å². The summed E-state index contributed by atoms with van der Waals surface area (Å²) in [5, 5.41) is 7.44. The molecule has 3 aromatic rings. The van der Waals surface area contributed by atoms with Gasteiger partial charge in [0.2, 0.25) is 11.3 Å². The number of amides is 1. The Labute approximate surface area is 127 Å². The van der Waals surface area contributed by atoms with Crippen LogP contribution in [0.4, 0.5) is 5.69 Å². The SMILES string of the molecule is Cc1cccc(NC(=O)Cn2ncc(=O)c3ccccc32)c1. The highest BCUT2D eigenvalue weighted by Gasteiger charge is 2.08. The van der Waals surface area contributed by atoms with Crippen LogP contribution < -0.4 is 10.7 Å². The molecule has 1 N–H and O–H groups in total. The number of anilines is 1. The molecule has 1 heterocycles. The van der Waals surface area contributed by atoms with Crippen molar-refractivity contribution in [3.05, 3.63) is 70.5 Å². The van der Waals surface area contributed by atoms with Crippen molar-refractivity contribution in [2.45, 2.75) is 13.5 Å². The third-order valence-corrected chi connectivity index (χ3v) is 3.36. The van der Waals surface area contributed by atoms with Gasteiger partial charge in [0.25, 0.3) is 0 Å². The van der Waals surface area contributed by atoms with E-state index in [0.29, 0.717) is 10.9 Å². The number of hydrogen-bond acceptors (Lipinski definition) is 3. The Kier molecular flexibility index (Phi) is 3.70. The molecule has 0 saturated carbocycles. The summed E-state index contributed by atoms with van der Waals surface area (Å²) in [6.45, 7) is 2.02. The molecule has 0 aliphatic heterocycles. The molecular weight excluding hydrogens is 278 g/mol. The number of carbonyl (C=O) groups excluding carboxylic acids is 1. The van der Waals surface area contributed by atoms with E-state index in [2.05, 4.69) is 10.4 Å². The van der Waals surface area contributed by atoms with E-state index in [4.69, 9.17) is 0 Å². The second kappa shape index (κ2) is 5.81. The molecular formula is C17H15N3O2. The third kappa shape index (κ3) is 2.88. The van der Waals surface area contributed by atoms with Gasteiger partial charge in [0.05, 0.1) is 11.7 Å². The molecule has 0 bridgehead atoms. The lowest BCUT2D eigenvalue weighted by molar-refractivity contribution is -0.116. The Balaban J connectivity index is 1.86. The zero-order valence-corrected chi connectivity index (χ0v) is 12.1. The molecule has 0 unspecified atom stereocenters. The Morgan fingerprint density at radius 1 is 1.18 bits per heavy atom. The van der Waals surface area contributed by atoms with Gasteiger partial charge in [0.1, 0.15) is 6.54 Å². The van der Waals surface area contributed by atoms with E-state index in [0.717, 1.165) is 11.3 Å². The topological polar surface area (TPSA) is 64.0 Å². The van der Waals surface area contributed by atoms with Gasteiger partial charge in [0.15, 0.2) is 0 Å². The summed E-state index contributed by atoms with van der Waals surface area (Å²) >= 11 is 0. The molecule has 1 amide bonds. The van der Waals surface area contributed by atoms with Crippen LogP contribution >= 0.6 is 0 Å². The average Bonchev–Trinajstić information content (AvgIpc) is 2.50. The van der Waals surface area contributed by atoms with Gasteiger partial charge in [0, 0.05) is 11.1 Å². The normalized spacial score (nSPS) is 10.6. The first-order valence-electron chi connectivity index (χ1n) is 6.95. The van der Waals surface area contributed by atoms with Crippen LogP contribution in [0.1, 0.15) is 5.56 Å². The predicted molar refractivity (Wildman–Crippen MR) is 85.8 cm³/mol. The quantitative estimate of drug-likeness (QED) is 0.806. The number of nitrogens with zero attached hydrogens (tertiary/aromatic N) is 2. The molecule has 0 aliphatic rings. The smallest absolute Gasteiger partial charge is 0.246 e. The number of nitrogens with one attached hydrogen (secondary N) is 1. The van der Waals surface area contributed by atoms with Gasteiger partial charge in [-0.1, -0.05) is 24.3 Å². The maximum Gasteiger partial charge on any atom is 0.246 e. The van der Waals surface area contributed by atoms with Crippen LogP contribution in [0.15, 0.2) is 59.5 Å². The number of benzene rings is 2. The molecule has 0 atom stereocenters. The van der Waals surface area contributed by atoms with Crippen LogP contribution in [0.2, 0.25) is 0 Å². The number of aryl methyl sites for hydroxylation is 1. The fraction of sp³-hybridized carbons (Fsp3) is 0.118. The van der Waals surface area contributed by atoms with E-state index in [9.17, 15) is 9.59 Å². The maximum atomic E-state index is 12.2. The second-order valence-electron chi connectivity index (χ2n) is 5.10. The van der Waals surface area contributed by atoms with Crippen molar-refractivity contribution in [2.24, 2.45) is 0 Å². The average molecular weight is 293 g/mol. The summed E-state index contributed by atoms with van der Waals surface area (Å²) in [6, 6.07) is 14.7. The van der Waals surface area contributed by atoms with Crippen LogP contribution in [0.25, 0.3) is 10.9 Å². The highest BCUT2D eigenvalue weighted by atomic mass is 16.2. The molecule has 5 heteroatoms. The van der Waals surface area contributed by atoms with E-state index in [1.165, 1.54) is 10.9 Å². The largest absolute Gasteiger partial charge is 0.324 e. The molecule has 0 aliphatic carbocycles. The highest BCUT2D eigenvalue weighted by Crippen LogP contribution is 2.11. The van der Waals surface area contributed by atoms with Gasteiger partial charge in [-0.3, -0.25) is 14.3 Å². The minimum atomic E-state index is -0.188. The number of fused-ring (bicyclic) bond motifs is 1. The summed E-state index contributed by atoms with van der Waals surface area (Å²) in [5.41, 5.74) is 2.32. The molecule has 1 aromatic heterocycles. The second-order valence-corrected chi connectivity index (χ2v) is 5.10. The van der Waals surface area contributed by atoms with E-state index < -0.39 is 0 Å². The van der Waals surface area contributed by atoms with Gasteiger partial charge in [-0.05, 0) is 36.8 Å². The molecule has 22 heavy (non-hydrogen) atoms. The highest BCUT2D eigenvalue weighted by molar-refractivity contribution is 5.91.